The lowest BCUT2D eigenvalue weighted by atomic mass is 9.45. The van der Waals surface area contributed by atoms with Crippen molar-refractivity contribution in [2.45, 2.75) is 83.8 Å². The van der Waals surface area contributed by atoms with Crippen molar-refractivity contribution >= 4 is 0 Å². The quantitative estimate of drug-likeness (QED) is 0.741. The number of aliphatic hydroxyl groups excluding tert-OH is 2. The first-order valence-electron chi connectivity index (χ1n) is 10.5. The van der Waals surface area contributed by atoms with E-state index in [0.29, 0.717) is 16.9 Å². The van der Waals surface area contributed by atoms with Crippen LogP contribution in [0.1, 0.15) is 71.6 Å². The molecule has 0 aromatic carbocycles. The van der Waals surface area contributed by atoms with Gasteiger partial charge in [0.15, 0.2) is 0 Å². The fourth-order valence-corrected chi connectivity index (χ4v) is 7.81. The molecule has 0 aliphatic heterocycles. The zero-order valence-electron chi connectivity index (χ0n) is 15.6. The highest BCUT2D eigenvalue weighted by Crippen LogP contribution is 2.66. The standard InChI is InChI=1S/C21H37NO2/c1-20-9-7-15(24)13-14(20)3-4-16-17-5-6-19(22-11-12-23)21(17,2)10-8-18(16)20/h14-19,22-24H,3-13H2,1-2H3. The second-order valence-corrected chi connectivity index (χ2v) is 9.94. The lowest BCUT2D eigenvalue weighted by molar-refractivity contribution is -0.123. The summed E-state index contributed by atoms with van der Waals surface area (Å²) in [5, 5.41) is 23.0. The third-order valence-electron chi connectivity index (χ3n) is 9.14. The number of hydrogen-bond acceptors (Lipinski definition) is 3. The third-order valence-corrected chi connectivity index (χ3v) is 9.14. The minimum absolute atomic E-state index is 0.0352. The van der Waals surface area contributed by atoms with Crippen LogP contribution in [0.2, 0.25) is 0 Å². The van der Waals surface area contributed by atoms with Crippen molar-refractivity contribution in [1.82, 2.24) is 5.32 Å². The molecule has 4 fully saturated rings. The molecule has 4 aliphatic carbocycles. The predicted molar refractivity (Wildman–Crippen MR) is 96.6 cm³/mol. The lowest BCUT2D eigenvalue weighted by Gasteiger charge is -2.61. The molecular weight excluding hydrogens is 298 g/mol. The van der Waals surface area contributed by atoms with E-state index in [4.69, 9.17) is 0 Å². The average molecular weight is 336 g/mol. The van der Waals surface area contributed by atoms with Gasteiger partial charge in [-0.25, -0.2) is 0 Å². The number of nitrogens with one attached hydrogen (secondary N) is 1. The van der Waals surface area contributed by atoms with Crippen molar-refractivity contribution in [3.05, 3.63) is 0 Å². The Kier molecular flexibility index (Phi) is 4.50. The number of hydrogen-bond donors (Lipinski definition) is 3. The van der Waals surface area contributed by atoms with Gasteiger partial charge in [-0.3, -0.25) is 0 Å². The molecule has 0 bridgehead atoms. The number of rotatable bonds is 3. The van der Waals surface area contributed by atoms with Crippen molar-refractivity contribution < 1.29 is 10.2 Å². The molecule has 0 aromatic heterocycles. The lowest BCUT2D eigenvalue weighted by Crippen LogP contribution is -2.55. The maximum Gasteiger partial charge on any atom is 0.0556 e. The van der Waals surface area contributed by atoms with Crippen LogP contribution in [0.4, 0.5) is 0 Å². The van der Waals surface area contributed by atoms with Gasteiger partial charge in [-0.2, -0.15) is 0 Å². The molecule has 4 saturated carbocycles. The molecule has 0 heterocycles. The summed E-state index contributed by atoms with van der Waals surface area (Å²) in [6.45, 7) is 6.11. The van der Waals surface area contributed by atoms with Crippen molar-refractivity contribution in [3.8, 4) is 0 Å². The van der Waals surface area contributed by atoms with Gasteiger partial charge in [0, 0.05) is 12.6 Å². The Morgan fingerprint density at radius 3 is 2.46 bits per heavy atom. The van der Waals surface area contributed by atoms with Gasteiger partial charge in [0.1, 0.15) is 0 Å². The molecule has 24 heavy (non-hydrogen) atoms. The maximum atomic E-state index is 10.1. The molecule has 138 valence electrons. The third kappa shape index (κ3) is 2.49. The van der Waals surface area contributed by atoms with E-state index in [1.165, 1.54) is 44.9 Å². The first-order valence-corrected chi connectivity index (χ1v) is 10.5. The smallest absolute Gasteiger partial charge is 0.0556 e. The summed E-state index contributed by atoms with van der Waals surface area (Å²) < 4.78 is 0. The summed E-state index contributed by atoms with van der Waals surface area (Å²) in [5.41, 5.74) is 0.924. The maximum absolute atomic E-state index is 10.1. The van der Waals surface area contributed by atoms with Gasteiger partial charge in [-0.05, 0) is 92.3 Å². The van der Waals surface area contributed by atoms with Gasteiger partial charge in [-0.15, -0.1) is 0 Å². The average Bonchev–Trinajstić information content (AvgIpc) is 2.90. The topological polar surface area (TPSA) is 52.5 Å². The van der Waals surface area contributed by atoms with Gasteiger partial charge < -0.3 is 15.5 Å². The van der Waals surface area contributed by atoms with E-state index in [1.807, 2.05) is 0 Å². The molecule has 4 aliphatic rings. The highest BCUT2D eigenvalue weighted by Gasteiger charge is 2.59. The Hall–Kier alpha value is -0.120. The van der Waals surface area contributed by atoms with E-state index in [9.17, 15) is 10.2 Å². The molecular formula is C21H37NO2. The number of fused-ring (bicyclic) bond motifs is 5. The molecule has 3 N–H and O–H groups in total. The monoisotopic (exact) mass is 335 g/mol. The molecule has 0 saturated heterocycles. The van der Waals surface area contributed by atoms with Crippen LogP contribution in [0.3, 0.4) is 0 Å². The fraction of sp³-hybridized carbons (Fsp3) is 1.00. The molecule has 0 radical (unpaired) electrons. The van der Waals surface area contributed by atoms with Crippen molar-refractivity contribution in [2.75, 3.05) is 13.2 Å². The largest absolute Gasteiger partial charge is 0.395 e. The first kappa shape index (κ1) is 17.3. The van der Waals surface area contributed by atoms with E-state index in [2.05, 4.69) is 19.2 Å². The van der Waals surface area contributed by atoms with E-state index in [1.54, 1.807) is 0 Å². The van der Waals surface area contributed by atoms with Crippen LogP contribution in [-0.4, -0.2) is 35.5 Å². The van der Waals surface area contributed by atoms with E-state index >= 15 is 0 Å². The van der Waals surface area contributed by atoms with E-state index in [-0.39, 0.29) is 12.7 Å². The van der Waals surface area contributed by atoms with Crippen molar-refractivity contribution in [1.29, 1.82) is 0 Å². The molecule has 0 spiro atoms. The van der Waals surface area contributed by atoms with Crippen molar-refractivity contribution in [3.63, 3.8) is 0 Å². The molecule has 8 unspecified atom stereocenters. The van der Waals surface area contributed by atoms with E-state index in [0.717, 1.165) is 43.1 Å². The van der Waals surface area contributed by atoms with Crippen LogP contribution in [0, 0.1) is 34.5 Å². The Balaban J connectivity index is 1.54. The first-order chi connectivity index (χ1) is 11.5. The van der Waals surface area contributed by atoms with Crippen LogP contribution < -0.4 is 5.32 Å². The second kappa shape index (κ2) is 6.25. The molecule has 0 aromatic rings. The molecule has 0 amide bonds. The zero-order valence-corrected chi connectivity index (χ0v) is 15.6. The fourth-order valence-electron chi connectivity index (χ4n) is 7.81. The number of aliphatic hydroxyl groups is 2. The highest BCUT2D eigenvalue weighted by molar-refractivity contribution is 5.10. The Morgan fingerprint density at radius 2 is 1.67 bits per heavy atom. The van der Waals surface area contributed by atoms with Gasteiger partial charge in [0.2, 0.25) is 0 Å². The Labute approximate surface area is 147 Å². The summed E-state index contributed by atoms with van der Waals surface area (Å²) >= 11 is 0. The van der Waals surface area contributed by atoms with E-state index < -0.39 is 0 Å². The Morgan fingerprint density at radius 1 is 0.917 bits per heavy atom. The van der Waals surface area contributed by atoms with Gasteiger partial charge in [-0.1, -0.05) is 13.8 Å². The van der Waals surface area contributed by atoms with Crippen LogP contribution in [0.15, 0.2) is 0 Å². The second-order valence-electron chi connectivity index (χ2n) is 9.94. The van der Waals surface area contributed by atoms with Crippen LogP contribution >= 0.6 is 0 Å². The summed E-state index contributed by atoms with van der Waals surface area (Å²) in [7, 11) is 0. The Bertz CT molecular complexity index is 469. The minimum atomic E-state index is -0.0352. The summed E-state index contributed by atoms with van der Waals surface area (Å²) in [6, 6.07) is 0.606. The van der Waals surface area contributed by atoms with Gasteiger partial charge in [0.05, 0.1) is 12.7 Å². The molecule has 8 atom stereocenters. The molecule has 3 heteroatoms. The van der Waals surface area contributed by atoms with Crippen LogP contribution in [-0.2, 0) is 0 Å². The van der Waals surface area contributed by atoms with Gasteiger partial charge >= 0.3 is 0 Å². The van der Waals surface area contributed by atoms with Crippen molar-refractivity contribution in [2.24, 2.45) is 34.5 Å². The predicted octanol–water partition coefficient (Wildman–Crippen LogP) is 3.34. The summed E-state index contributed by atoms with van der Waals surface area (Å²) in [5.74, 6) is 3.42. The molecule has 4 rings (SSSR count). The summed E-state index contributed by atoms with van der Waals surface area (Å²) in [4.78, 5) is 0. The SMILES string of the molecule is CC12CCC(O)CC1CCC1C2CCC2(C)C(NCCO)CCC12. The van der Waals surface area contributed by atoms with Crippen LogP contribution in [0.5, 0.6) is 0 Å². The highest BCUT2D eigenvalue weighted by atomic mass is 16.3. The van der Waals surface area contributed by atoms with Crippen LogP contribution in [0.25, 0.3) is 0 Å². The zero-order chi connectivity index (χ0) is 16.9. The minimum Gasteiger partial charge on any atom is -0.395 e. The molecule has 3 nitrogen and oxygen atoms in total. The normalized spacial score (nSPS) is 54.0. The summed E-state index contributed by atoms with van der Waals surface area (Å²) in [6.07, 6.45) is 11.4. The van der Waals surface area contributed by atoms with Gasteiger partial charge in [0.25, 0.3) is 0 Å².